The fourth-order valence-corrected chi connectivity index (χ4v) is 2.42. The molecule has 0 atom stereocenters. The monoisotopic (exact) mass is 356 g/mol. The molecule has 4 nitrogen and oxygen atoms in total. The van der Waals surface area contributed by atoms with Crippen molar-refractivity contribution in [3.8, 4) is 5.69 Å². The van der Waals surface area contributed by atoms with Crippen LogP contribution in [0.4, 0.5) is 13.2 Å². The van der Waals surface area contributed by atoms with Crippen molar-refractivity contribution >= 4 is 12.4 Å². The van der Waals surface area contributed by atoms with E-state index in [1.54, 1.807) is 17.0 Å². The quantitative estimate of drug-likeness (QED) is 0.687. The minimum Gasteiger partial charge on any atom is -0.329 e. The lowest BCUT2D eigenvalue weighted by atomic mass is 10.2. The van der Waals surface area contributed by atoms with Crippen molar-refractivity contribution in [1.29, 1.82) is 0 Å². The third kappa shape index (κ3) is 3.62. The molecule has 0 unspecified atom stereocenters. The van der Waals surface area contributed by atoms with Gasteiger partial charge >= 0.3 is 0 Å². The molecule has 1 aromatic carbocycles. The van der Waals surface area contributed by atoms with E-state index in [1.165, 1.54) is 12.4 Å². The first kappa shape index (κ1) is 18.1. The Morgan fingerprint density at radius 1 is 1.21 bits per heavy atom. The number of rotatable bonds is 5. The number of hydrogen-bond acceptors (Lipinski definition) is 2. The number of imidazole rings is 2. The minimum atomic E-state index is -2.85. The van der Waals surface area contributed by atoms with E-state index in [-0.39, 0.29) is 12.4 Å². The van der Waals surface area contributed by atoms with Gasteiger partial charge in [0.05, 0.1) is 24.1 Å². The molecule has 8 heteroatoms. The summed E-state index contributed by atoms with van der Waals surface area (Å²) in [5.41, 5.74) is 0.600. The van der Waals surface area contributed by atoms with Crippen LogP contribution >= 0.6 is 12.4 Å². The van der Waals surface area contributed by atoms with Crippen LogP contribution in [0.1, 0.15) is 30.4 Å². The first-order chi connectivity index (χ1) is 11.1. The standard InChI is InChI=1S/C16H15F3N4.ClH/c1-2-15-20-5-6-22(15)8-11-9-23(10-21-11)12-3-4-14(17)13(7-12)16(18)19;/h3-7,9-10,16H,2,8H2,1H3;1H. The van der Waals surface area contributed by atoms with Gasteiger partial charge in [-0.3, -0.25) is 0 Å². The van der Waals surface area contributed by atoms with E-state index in [4.69, 9.17) is 0 Å². The number of alkyl halides is 2. The normalized spacial score (nSPS) is 10.9. The molecule has 0 bridgehead atoms. The molecule has 0 aliphatic carbocycles. The Kier molecular flexibility index (Phi) is 5.66. The molecule has 0 fully saturated rings. The summed E-state index contributed by atoms with van der Waals surface area (Å²) >= 11 is 0. The zero-order valence-corrected chi connectivity index (χ0v) is 13.7. The topological polar surface area (TPSA) is 35.6 Å². The maximum atomic E-state index is 13.4. The van der Waals surface area contributed by atoms with E-state index in [2.05, 4.69) is 9.97 Å². The Bertz CT molecular complexity index is 813. The second-order valence-corrected chi connectivity index (χ2v) is 5.10. The van der Waals surface area contributed by atoms with Crippen LogP contribution in [-0.2, 0) is 13.0 Å². The highest BCUT2D eigenvalue weighted by atomic mass is 35.5. The Labute approximate surface area is 143 Å². The van der Waals surface area contributed by atoms with E-state index in [9.17, 15) is 13.2 Å². The number of aryl methyl sites for hydroxylation is 1. The lowest BCUT2D eigenvalue weighted by Crippen LogP contribution is -2.03. The van der Waals surface area contributed by atoms with Crippen molar-refractivity contribution in [2.45, 2.75) is 26.3 Å². The molecule has 128 valence electrons. The molecule has 24 heavy (non-hydrogen) atoms. The first-order valence-corrected chi connectivity index (χ1v) is 7.19. The summed E-state index contributed by atoms with van der Waals surface area (Å²) in [6.07, 6.45) is 4.82. The summed E-state index contributed by atoms with van der Waals surface area (Å²) in [6.45, 7) is 2.56. The molecule has 0 saturated heterocycles. The Morgan fingerprint density at radius 3 is 2.71 bits per heavy atom. The van der Waals surface area contributed by atoms with Crippen LogP contribution in [0, 0.1) is 5.82 Å². The second-order valence-electron chi connectivity index (χ2n) is 5.10. The van der Waals surface area contributed by atoms with Crippen molar-refractivity contribution in [1.82, 2.24) is 19.1 Å². The number of halogens is 4. The maximum Gasteiger partial charge on any atom is 0.266 e. The van der Waals surface area contributed by atoms with Crippen molar-refractivity contribution in [3.05, 3.63) is 66.0 Å². The molecule has 2 heterocycles. The summed E-state index contributed by atoms with van der Waals surface area (Å²) in [4.78, 5) is 8.51. The predicted octanol–water partition coefficient (Wildman–Crippen LogP) is 4.18. The SMILES string of the molecule is CCc1nccn1Cc1cn(-c2ccc(F)c(C(F)F)c2)cn1.Cl. The molecule has 0 saturated carbocycles. The van der Waals surface area contributed by atoms with Crippen LogP contribution in [0.25, 0.3) is 5.69 Å². The molecular weight excluding hydrogens is 341 g/mol. The highest BCUT2D eigenvalue weighted by molar-refractivity contribution is 5.85. The van der Waals surface area contributed by atoms with Gasteiger partial charge in [-0.05, 0) is 18.2 Å². The maximum absolute atomic E-state index is 13.4. The van der Waals surface area contributed by atoms with Gasteiger partial charge in [0.2, 0.25) is 0 Å². The summed E-state index contributed by atoms with van der Waals surface area (Å²) in [6, 6.07) is 3.63. The van der Waals surface area contributed by atoms with Crippen LogP contribution in [-0.4, -0.2) is 19.1 Å². The molecule has 0 aliphatic heterocycles. The van der Waals surface area contributed by atoms with E-state index in [1.807, 2.05) is 17.7 Å². The summed E-state index contributed by atoms with van der Waals surface area (Å²) < 4.78 is 42.5. The Morgan fingerprint density at radius 2 is 2.00 bits per heavy atom. The van der Waals surface area contributed by atoms with Crippen molar-refractivity contribution in [2.24, 2.45) is 0 Å². The smallest absolute Gasteiger partial charge is 0.266 e. The van der Waals surface area contributed by atoms with Gasteiger partial charge in [0.25, 0.3) is 6.43 Å². The summed E-state index contributed by atoms with van der Waals surface area (Å²) in [5.74, 6) is 0.0383. The molecule has 0 N–H and O–H groups in total. The number of nitrogens with zero attached hydrogens (tertiary/aromatic N) is 4. The molecule has 3 aromatic rings. The lowest BCUT2D eigenvalue weighted by molar-refractivity contribution is 0.146. The van der Waals surface area contributed by atoms with Crippen molar-refractivity contribution in [2.75, 3.05) is 0 Å². The molecule has 0 amide bonds. The van der Waals surface area contributed by atoms with Crippen molar-refractivity contribution in [3.63, 3.8) is 0 Å². The average Bonchev–Trinajstić information content (AvgIpc) is 3.17. The van der Waals surface area contributed by atoms with Gasteiger partial charge in [-0.2, -0.15) is 0 Å². The van der Waals surface area contributed by atoms with Crippen LogP contribution in [0.3, 0.4) is 0 Å². The Hall–Kier alpha value is -2.28. The van der Waals surface area contributed by atoms with Crippen LogP contribution in [0.5, 0.6) is 0 Å². The molecular formula is C16H16ClF3N4. The van der Waals surface area contributed by atoms with Gasteiger partial charge in [0, 0.05) is 30.7 Å². The highest BCUT2D eigenvalue weighted by Gasteiger charge is 2.14. The molecule has 3 rings (SSSR count). The highest BCUT2D eigenvalue weighted by Crippen LogP contribution is 2.24. The van der Waals surface area contributed by atoms with E-state index in [0.29, 0.717) is 12.2 Å². The van der Waals surface area contributed by atoms with Gasteiger partial charge in [-0.25, -0.2) is 23.1 Å². The van der Waals surface area contributed by atoms with Crippen LogP contribution in [0.15, 0.2) is 43.1 Å². The molecule has 0 radical (unpaired) electrons. The second kappa shape index (κ2) is 7.53. The van der Waals surface area contributed by atoms with Crippen molar-refractivity contribution < 1.29 is 13.2 Å². The number of hydrogen-bond donors (Lipinski definition) is 0. The molecule has 0 aliphatic rings. The fraction of sp³-hybridized carbons (Fsp3) is 0.250. The van der Waals surface area contributed by atoms with Gasteiger partial charge in [-0.15, -0.1) is 12.4 Å². The average molecular weight is 357 g/mol. The summed E-state index contributed by atoms with van der Waals surface area (Å²) in [7, 11) is 0. The van der Waals surface area contributed by atoms with E-state index in [0.717, 1.165) is 30.1 Å². The zero-order chi connectivity index (χ0) is 16.4. The third-order valence-corrected chi connectivity index (χ3v) is 3.60. The van der Waals surface area contributed by atoms with Gasteiger partial charge in [0.15, 0.2) is 0 Å². The molecule has 2 aromatic heterocycles. The third-order valence-electron chi connectivity index (χ3n) is 3.60. The number of benzene rings is 1. The largest absolute Gasteiger partial charge is 0.329 e. The van der Waals surface area contributed by atoms with Crippen LogP contribution in [0.2, 0.25) is 0 Å². The zero-order valence-electron chi connectivity index (χ0n) is 12.9. The van der Waals surface area contributed by atoms with E-state index < -0.39 is 17.8 Å². The number of aromatic nitrogens is 4. The summed E-state index contributed by atoms with van der Waals surface area (Å²) in [5, 5.41) is 0. The Balaban J connectivity index is 0.00000208. The molecule has 0 spiro atoms. The first-order valence-electron chi connectivity index (χ1n) is 7.19. The van der Waals surface area contributed by atoms with E-state index >= 15 is 0 Å². The lowest BCUT2D eigenvalue weighted by Gasteiger charge is -2.07. The fourth-order valence-electron chi connectivity index (χ4n) is 2.42. The van der Waals surface area contributed by atoms with Gasteiger partial charge in [-0.1, -0.05) is 6.92 Å². The van der Waals surface area contributed by atoms with Gasteiger partial charge in [0.1, 0.15) is 11.6 Å². The van der Waals surface area contributed by atoms with Crippen LogP contribution < -0.4 is 0 Å². The minimum absolute atomic E-state index is 0. The predicted molar refractivity (Wildman–Crippen MR) is 86.4 cm³/mol. The van der Waals surface area contributed by atoms with Gasteiger partial charge < -0.3 is 9.13 Å².